The molecule has 3 unspecified atom stereocenters. The Morgan fingerprint density at radius 1 is 1.00 bits per heavy atom. The molecule has 0 aromatic heterocycles. The molecule has 0 saturated carbocycles. The van der Waals surface area contributed by atoms with E-state index in [0.29, 0.717) is 18.5 Å². The number of esters is 1. The van der Waals surface area contributed by atoms with Crippen molar-refractivity contribution in [1.29, 1.82) is 0 Å². The van der Waals surface area contributed by atoms with E-state index >= 15 is 0 Å². The molecule has 13 heteroatoms. The highest BCUT2D eigenvalue weighted by Crippen LogP contribution is 2.28. The van der Waals surface area contributed by atoms with Crippen molar-refractivity contribution in [2.24, 2.45) is 17.7 Å². The van der Waals surface area contributed by atoms with Gasteiger partial charge in [-0.1, -0.05) is 47.6 Å². The van der Waals surface area contributed by atoms with E-state index < -0.39 is 36.0 Å². The van der Waals surface area contributed by atoms with Crippen molar-refractivity contribution in [1.82, 2.24) is 16.1 Å². The van der Waals surface area contributed by atoms with E-state index in [2.05, 4.69) is 26.4 Å². The SMILES string of the molecule is CC(C)NC(C(=O)NC(CCCNON)C(=O)Nc1ccc(COC(=O)C(C)C)cc1OC(C)C(=O)O)C(C)C. The summed E-state index contributed by atoms with van der Waals surface area (Å²) in [5.41, 5.74) is 3.23. The van der Waals surface area contributed by atoms with Crippen molar-refractivity contribution in [2.45, 2.75) is 92.1 Å². The zero-order valence-electron chi connectivity index (χ0n) is 24.4. The van der Waals surface area contributed by atoms with Crippen LogP contribution in [0, 0.1) is 11.8 Å². The van der Waals surface area contributed by atoms with Crippen LogP contribution in [0.3, 0.4) is 0 Å². The highest BCUT2D eigenvalue weighted by atomic mass is 16.8. The van der Waals surface area contributed by atoms with Gasteiger partial charge in [-0.15, -0.1) is 0 Å². The minimum atomic E-state index is -1.23. The lowest BCUT2D eigenvalue weighted by Crippen LogP contribution is -2.54. The smallest absolute Gasteiger partial charge is 0.344 e. The molecule has 0 heterocycles. The average molecular weight is 568 g/mol. The van der Waals surface area contributed by atoms with Gasteiger partial charge in [0.25, 0.3) is 0 Å². The van der Waals surface area contributed by atoms with Gasteiger partial charge < -0.3 is 30.5 Å². The van der Waals surface area contributed by atoms with Gasteiger partial charge in [-0.25, -0.2) is 9.73 Å². The molecule has 0 radical (unpaired) electrons. The van der Waals surface area contributed by atoms with Gasteiger partial charge in [0.2, 0.25) is 11.8 Å². The molecule has 40 heavy (non-hydrogen) atoms. The van der Waals surface area contributed by atoms with E-state index in [0.717, 1.165) is 0 Å². The van der Waals surface area contributed by atoms with Gasteiger partial charge in [0.15, 0.2) is 6.10 Å². The Kier molecular flexibility index (Phi) is 15.2. The Morgan fingerprint density at radius 2 is 1.68 bits per heavy atom. The van der Waals surface area contributed by atoms with Crippen molar-refractivity contribution in [3.8, 4) is 5.75 Å². The second-order valence-electron chi connectivity index (χ2n) is 10.4. The lowest BCUT2D eigenvalue weighted by Gasteiger charge is -2.27. The van der Waals surface area contributed by atoms with E-state index in [1.165, 1.54) is 19.1 Å². The second kappa shape index (κ2) is 17.4. The monoisotopic (exact) mass is 567 g/mol. The molecule has 1 aromatic carbocycles. The predicted molar refractivity (Wildman–Crippen MR) is 149 cm³/mol. The first-order valence-corrected chi connectivity index (χ1v) is 13.4. The molecule has 226 valence electrons. The molecular formula is C27H45N5O8. The fourth-order valence-corrected chi connectivity index (χ4v) is 3.54. The quantitative estimate of drug-likeness (QED) is 0.0862. The first kappa shape index (κ1) is 34.8. The van der Waals surface area contributed by atoms with Crippen LogP contribution in [0.1, 0.15) is 66.9 Å². The van der Waals surface area contributed by atoms with Gasteiger partial charge in [-0.3, -0.25) is 14.4 Å². The minimum Gasteiger partial charge on any atom is -0.479 e. The van der Waals surface area contributed by atoms with E-state index in [1.54, 1.807) is 19.9 Å². The number of nitrogens with two attached hydrogens (primary N) is 1. The zero-order chi connectivity index (χ0) is 30.4. The Balaban J connectivity index is 3.22. The van der Waals surface area contributed by atoms with Gasteiger partial charge >= 0.3 is 11.9 Å². The number of nitrogens with one attached hydrogen (secondary N) is 4. The topological polar surface area (TPSA) is 190 Å². The molecule has 0 saturated heterocycles. The summed E-state index contributed by atoms with van der Waals surface area (Å²) in [5, 5.41) is 18.1. The lowest BCUT2D eigenvalue weighted by molar-refractivity contribution is -0.148. The summed E-state index contributed by atoms with van der Waals surface area (Å²) in [7, 11) is 0. The number of hydroxylamine groups is 1. The molecule has 0 spiro atoms. The maximum atomic E-state index is 13.4. The Morgan fingerprint density at radius 3 is 2.23 bits per heavy atom. The van der Waals surface area contributed by atoms with Crippen molar-refractivity contribution >= 4 is 29.4 Å². The fraction of sp³-hybridized carbons (Fsp3) is 0.630. The molecule has 0 aliphatic carbocycles. The van der Waals surface area contributed by atoms with Gasteiger partial charge in [0.05, 0.1) is 17.6 Å². The van der Waals surface area contributed by atoms with Crippen LogP contribution >= 0.6 is 0 Å². The summed E-state index contributed by atoms with van der Waals surface area (Å²) in [4.78, 5) is 54.2. The van der Waals surface area contributed by atoms with Gasteiger partial charge in [-0.2, -0.15) is 11.4 Å². The first-order chi connectivity index (χ1) is 18.8. The Hall–Kier alpha value is -3.26. The van der Waals surface area contributed by atoms with Crippen LogP contribution in [0.25, 0.3) is 0 Å². The molecule has 0 aliphatic rings. The number of hydrogen-bond donors (Lipinski definition) is 6. The predicted octanol–water partition coefficient (Wildman–Crippen LogP) is 1.86. The summed E-state index contributed by atoms with van der Waals surface area (Å²) in [6, 6.07) is 3.24. The number of carbonyl (C=O) groups excluding carboxylic acids is 3. The van der Waals surface area contributed by atoms with Crippen molar-refractivity contribution in [2.75, 3.05) is 11.9 Å². The number of ether oxygens (including phenoxy) is 2. The third-order valence-electron chi connectivity index (χ3n) is 5.76. The van der Waals surface area contributed by atoms with E-state index in [-0.39, 0.29) is 48.2 Å². The second-order valence-corrected chi connectivity index (χ2v) is 10.4. The number of aliphatic carboxylic acids is 1. The number of carboxylic acid groups (broad SMARTS) is 1. The summed E-state index contributed by atoms with van der Waals surface area (Å²) in [5.74, 6) is 2.28. The van der Waals surface area contributed by atoms with Crippen molar-refractivity contribution in [3.05, 3.63) is 23.8 Å². The summed E-state index contributed by atoms with van der Waals surface area (Å²) >= 11 is 0. The van der Waals surface area contributed by atoms with Crippen LogP contribution in [0.5, 0.6) is 5.75 Å². The largest absolute Gasteiger partial charge is 0.479 e. The third kappa shape index (κ3) is 12.3. The molecule has 0 fully saturated rings. The third-order valence-corrected chi connectivity index (χ3v) is 5.76. The molecule has 1 rings (SSSR count). The number of amides is 2. The maximum absolute atomic E-state index is 13.4. The van der Waals surface area contributed by atoms with E-state index in [1.807, 2.05) is 27.7 Å². The average Bonchev–Trinajstić information content (AvgIpc) is 2.88. The number of rotatable bonds is 18. The molecule has 0 bridgehead atoms. The molecule has 0 aliphatic heterocycles. The van der Waals surface area contributed by atoms with Crippen molar-refractivity contribution in [3.63, 3.8) is 0 Å². The van der Waals surface area contributed by atoms with Gasteiger partial charge in [0.1, 0.15) is 18.4 Å². The van der Waals surface area contributed by atoms with Crippen LogP contribution < -0.4 is 32.1 Å². The van der Waals surface area contributed by atoms with Crippen LogP contribution in [-0.4, -0.2) is 59.6 Å². The number of anilines is 1. The van der Waals surface area contributed by atoms with E-state index in [9.17, 15) is 24.3 Å². The maximum Gasteiger partial charge on any atom is 0.344 e. The minimum absolute atomic E-state index is 0.0340. The van der Waals surface area contributed by atoms with Crippen LogP contribution in [-0.2, 0) is 35.5 Å². The summed E-state index contributed by atoms with van der Waals surface area (Å²) < 4.78 is 10.9. The molecule has 13 nitrogen and oxygen atoms in total. The number of hydrogen-bond acceptors (Lipinski definition) is 10. The molecule has 7 N–H and O–H groups in total. The summed E-state index contributed by atoms with van der Waals surface area (Å²) in [6.07, 6.45) is -0.527. The highest BCUT2D eigenvalue weighted by molar-refractivity contribution is 5.99. The summed E-state index contributed by atoms with van der Waals surface area (Å²) in [6.45, 7) is 12.7. The number of benzene rings is 1. The molecule has 3 atom stereocenters. The van der Waals surface area contributed by atoms with Crippen molar-refractivity contribution < 1.29 is 38.7 Å². The molecule has 1 aromatic rings. The highest BCUT2D eigenvalue weighted by Gasteiger charge is 2.28. The standard InChI is InChI=1S/C27H45N5O8/c1-15(2)23(30-17(5)6)25(34)32-21(9-8-12-29-40-28)24(33)31-20-11-10-19(14-38-27(37)16(3)4)13-22(20)39-18(7)26(35)36/h10-11,13,15-18,21,23,29-30H,8-9,12,14,28H2,1-7H3,(H,31,33)(H,32,34)(H,35,36). The van der Waals surface area contributed by atoms with Crippen LogP contribution in [0.15, 0.2) is 18.2 Å². The Labute approximate surface area is 235 Å². The van der Waals surface area contributed by atoms with Crippen LogP contribution in [0.2, 0.25) is 0 Å². The van der Waals surface area contributed by atoms with Gasteiger partial charge in [0, 0.05) is 12.6 Å². The normalized spacial score (nSPS) is 13.6. The number of carbonyl (C=O) groups is 4. The first-order valence-electron chi connectivity index (χ1n) is 13.4. The fourth-order valence-electron chi connectivity index (χ4n) is 3.54. The lowest BCUT2D eigenvalue weighted by atomic mass is 10.0. The van der Waals surface area contributed by atoms with Crippen LogP contribution in [0.4, 0.5) is 5.69 Å². The molecule has 2 amide bonds. The number of carboxylic acids is 1. The molecular weight excluding hydrogens is 522 g/mol. The zero-order valence-corrected chi connectivity index (χ0v) is 24.4. The van der Waals surface area contributed by atoms with Gasteiger partial charge in [-0.05, 0) is 43.4 Å². The Bertz CT molecular complexity index is 986. The van der Waals surface area contributed by atoms with E-state index in [4.69, 9.17) is 15.4 Å².